The molecule has 0 radical (unpaired) electrons. The Morgan fingerprint density at radius 3 is 2.28 bits per heavy atom. The Kier molecular flexibility index (Phi) is 5.85. The van der Waals surface area contributed by atoms with Crippen LogP contribution >= 0.6 is 12.4 Å². The van der Waals surface area contributed by atoms with Crippen LogP contribution in [0.25, 0.3) is 0 Å². The summed E-state index contributed by atoms with van der Waals surface area (Å²) in [6.45, 7) is 5.36. The number of halogens is 1. The molecule has 0 aromatic carbocycles. The van der Waals surface area contributed by atoms with Crippen molar-refractivity contribution >= 4 is 18.3 Å². The highest BCUT2D eigenvalue weighted by molar-refractivity contribution is 5.85. The van der Waals surface area contributed by atoms with Gasteiger partial charge in [0.2, 0.25) is 5.91 Å². The molecule has 0 aromatic heterocycles. The fourth-order valence-corrected chi connectivity index (χ4v) is 2.61. The Labute approximate surface area is 115 Å². The molecule has 18 heavy (non-hydrogen) atoms. The minimum atomic E-state index is -0.353. The zero-order chi connectivity index (χ0) is 12.3. The highest BCUT2D eigenvalue weighted by Crippen LogP contribution is 2.31. The van der Waals surface area contributed by atoms with Crippen molar-refractivity contribution in [2.24, 2.45) is 11.1 Å². The number of piperazine rings is 1. The smallest absolute Gasteiger partial charge is 0.230 e. The summed E-state index contributed by atoms with van der Waals surface area (Å²) in [5.74, 6) is 0.247. The van der Waals surface area contributed by atoms with E-state index in [1.165, 1.54) is 0 Å². The van der Waals surface area contributed by atoms with Crippen LogP contribution < -0.4 is 5.73 Å². The third kappa shape index (κ3) is 3.15. The Hall–Kier alpha value is -0.360. The molecule has 2 aliphatic heterocycles. The average Bonchev–Trinajstić information content (AvgIpc) is 2.39. The van der Waals surface area contributed by atoms with Gasteiger partial charge in [0.1, 0.15) is 0 Å². The van der Waals surface area contributed by atoms with Gasteiger partial charge in [-0.25, -0.2) is 0 Å². The SMILES string of the molecule is CN1CCN(C(=O)C2(CN)CCOCC2)CC1.Cl. The van der Waals surface area contributed by atoms with E-state index in [9.17, 15) is 4.79 Å². The van der Waals surface area contributed by atoms with Crippen molar-refractivity contribution in [3.05, 3.63) is 0 Å². The Bertz CT molecular complexity index is 274. The van der Waals surface area contributed by atoms with Crippen molar-refractivity contribution < 1.29 is 9.53 Å². The van der Waals surface area contributed by atoms with E-state index in [-0.39, 0.29) is 23.7 Å². The van der Waals surface area contributed by atoms with Crippen molar-refractivity contribution in [1.29, 1.82) is 0 Å². The lowest BCUT2D eigenvalue weighted by atomic mass is 9.78. The summed E-state index contributed by atoms with van der Waals surface area (Å²) in [5.41, 5.74) is 5.51. The molecule has 0 saturated carbocycles. The maximum atomic E-state index is 12.6. The maximum Gasteiger partial charge on any atom is 0.230 e. The molecule has 0 aromatic rings. The van der Waals surface area contributed by atoms with Crippen molar-refractivity contribution in [3.63, 3.8) is 0 Å². The monoisotopic (exact) mass is 277 g/mol. The molecule has 2 heterocycles. The van der Waals surface area contributed by atoms with Gasteiger partial charge in [-0.1, -0.05) is 0 Å². The lowest BCUT2D eigenvalue weighted by molar-refractivity contribution is -0.148. The van der Waals surface area contributed by atoms with Gasteiger partial charge in [-0.05, 0) is 19.9 Å². The van der Waals surface area contributed by atoms with E-state index in [1.807, 2.05) is 4.90 Å². The number of amides is 1. The van der Waals surface area contributed by atoms with E-state index < -0.39 is 0 Å². The Morgan fingerprint density at radius 1 is 1.22 bits per heavy atom. The molecule has 5 nitrogen and oxygen atoms in total. The van der Waals surface area contributed by atoms with Gasteiger partial charge in [-0.15, -0.1) is 12.4 Å². The van der Waals surface area contributed by atoms with Crippen LogP contribution in [0.15, 0.2) is 0 Å². The molecule has 106 valence electrons. The zero-order valence-corrected chi connectivity index (χ0v) is 11.9. The largest absolute Gasteiger partial charge is 0.381 e. The minimum absolute atomic E-state index is 0. The highest BCUT2D eigenvalue weighted by atomic mass is 35.5. The van der Waals surface area contributed by atoms with Crippen molar-refractivity contribution in [2.75, 3.05) is 53.0 Å². The second-order valence-corrected chi connectivity index (χ2v) is 5.19. The molecule has 6 heteroatoms. The van der Waals surface area contributed by atoms with Gasteiger partial charge in [0, 0.05) is 45.9 Å². The number of hydrogen-bond donors (Lipinski definition) is 1. The third-order valence-corrected chi connectivity index (χ3v) is 4.08. The van der Waals surface area contributed by atoms with Crippen LogP contribution in [0, 0.1) is 5.41 Å². The summed E-state index contributed by atoms with van der Waals surface area (Å²) in [6.07, 6.45) is 1.54. The standard InChI is InChI=1S/C12H23N3O2.ClH/c1-14-4-6-15(7-5-14)11(16)12(10-13)2-8-17-9-3-12;/h2-10,13H2,1H3;1H. The van der Waals surface area contributed by atoms with E-state index in [1.54, 1.807) is 0 Å². The van der Waals surface area contributed by atoms with Gasteiger partial charge >= 0.3 is 0 Å². The van der Waals surface area contributed by atoms with E-state index in [2.05, 4.69) is 11.9 Å². The van der Waals surface area contributed by atoms with Crippen LogP contribution in [0.3, 0.4) is 0 Å². The van der Waals surface area contributed by atoms with Gasteiger partial charge < -0.3 is 20.3 Å². The highest BCUT2D eigenvalue weighted by Gasteiger charge is 2.41. The summed E-state index contributed by atoms with van der Waals surface area (Å²) in [7, 11) is 2.09. The summed E-state index contributed by atoms with van der Waals surface area (Å²) in [4.78, 5) is 16.8. The van der Waals surface area contributed by atoms with Crippen LogP contribution in [0.4, 0.5) is 0 Å². The van der Waals surface area contributed by atoms with Crippen molar-refractivity contribution in [1.82, 2.24) is 9.80 Å². The minimum Gasteiger partial charge on any atom is -0.381 e. The van der Waals surface area contributed by atoms with Crippen LogP contribution in [0.2, 0.25) is 0 Å². The Morgan fingerprint density at radius 2 is 1.78 bits per heavy atom. The first kappa shape index (κ1) is 15.7. The molecule has 0 bridgehead atoms. The number of hydrogen-bond acceptors (Lipinski definition) is 4. The van der Waals surface area contributed by atoms with Crippen LogP contribution in [0.5, 0.6) is 0 Å². The number of likely N-dealkylation sites (N-methyl/N-ethyl adjacent to an activating group) is 1. The number of carbonyl (C=O) groups is 1. The molecular weight excluding hydrogens is 254 g/mol. The molecule has 0 unspecified atom stereocenters. The van der Waals surface area contributed by atoms with Crippen molar-refractivity contribution in [3.8, 4) is 0 Å². The summed E-state index contributed by atoms with van der Waals surface area (Å²) in [5, 5.41) is 0. The topological polar surface area (TPSA) is 58.8 Å². The molecule has 2 saturated heterocycles. The number of nitrogens with two attached hydrogens (primary N) is 1. The number of nitrogens with zero attached hydrogens (tertiary/aromatic N) is 2. The molecule has 2 fully saturated rings. The molecule has 2 rings (SSSR count). The fourth-order valence-electron chi connectivity index (χ4n) is 2.61. The Balaban J connectivity index is 0.00000162. The number of carbonyl (C=O) groups excluding carboxylic acids is 1. The molecule has 1 amide bonds. The quantitative estimate of drug-likeness (QED) is 0.768. The molecule has 0 atom stereocenters. The van der Waals surface area contributed by atoms with E-state index >= 15 is 0 Å². The van der Waals surface area contributed by atoms with Gasteiger partial charge in [-0.2, -0.15) is 0 Å². The predicted molar refractivity (Wildman–Crippen MR) is 72.9 cm³/mol. The first-order chi connectivity index (χ1) is 8.18. The number of rotatable bonds is 2. The zero-order valence-electron chi connectivity index (χ0n) is 11.1. The fraction of sp³-hybridized carbons (Fsp3) is 0.917. The van der Waals surface area contributed by atoms with Gasteiger partial charge in [-0.3, -0.25) is 4.79 Å². The second kappa shape index (κ2) is 6.70. The molecular formula is C12H24ClN3O2. The summed E-state index contributed by atoms with van der Waals surface area (Å²) < 4.78 is 5.35. The third-order valence-electron chi connectivity index (χ3n) is 4.08. The molecule has 2 N–H and O–H groups in total. The van der Waals surface area contributed by atoms with E-state index in [4.69, 9.17) is 10.5 Å². The molecule has 0 spiro atoms. The average molecular weight is 278 g/mol. The molecule has 2 aliphatic rings. The van der Waals surface area contributed by atoms with Crippen LogP contribution in [-0.2, 0) is 9.53 Å². The lowest BCUT2D eigenvalue weighted by Gasteiger charge is -2.41. The lowest BCUT2D eigenvalue weighted by Crippen LogP contribution is -2.55. The summed E-state index contributed by atoms with van der Waals surface area (Å²) >= 11 is 0. The second-order valence-electron chi connectivity index (χ2n) is 5.19. The first-order valence-electron chi connectivity index (χ1n) is 6.44. The molecule has 0 aliphatic carbocycles. The van der Waals surface area contributed by atoms with E-state index in [0.717, 1.165) is 39.0 Å². The van der Waals surface area contributed by atoms with E-state index in [0.29, 0.717) is 19.8 Å². The normalized spacial score (nSPS) is 24.4. The van der Waals surface area contributed by atoms with Crippen LogP contribution in [-0.4, -0.2) is 68.7 Å². The maximum absolute atomic E-state index is 12.6. The summed E-state index contributed by atoms with van der Waals surface area (Å²) in [6, 6.07) is 0. The van der Waals surface area contributed by atoms with Crippen molar-refractivity contribution in [2.45, 2.75) is 12.8 Å². The van der Waals surface area contributed by atoms with Gasteiger partial charge in [0.25, 0.3) is 0 Å². The van der Waals surface area contributed by atoms with Gasteiger partial charge in [0.15, 0.2) is 0 Å². The number of ether oxygens (including phenoxy) is 1. The predicted octanol–water partition coefficient (Wildman–Crippen LogP) is -0.0623. The van der Waals surface area contributed by atoms with Gasteiger partial charge in [0.05, 0.1) is 5.41 Å². The van der Waals surface area contributed by atoms with Crippen LogP contribution in [0.1, 0.15) is 12.8 Å². The first-order valence-corrected chi connectivity index (χ1v) is 6.44.